The number of rotatable bonds is 5. The van der Waals surface area contributed by atoms with Gasteiger partial charge in [0, 0.05) is 36.8 Å². The summed E-state index contributed by atoms with van der Waals surface area (Å²) < 4.78 is 94.6. The van der Waals surface area contributed by atoms with Crippen molar-refractivity contribution in [1.82, 2.24) is 19.9 Å². The molecule has 2 aliphatic rings. The lowest BCUT2D eigenvalue weighted by Crippen LogP contribution is -2.44. The van der Waals surface area contributed by atoms with Crippen molar-refractivity contribution in [1.29, 1.82) is 0 Å². The van der Waals surface area contributed by atoms with E-state index in [-0.39, 0.29) is 43.3 Å². The molecule has 1 fully saturated rings. The van der Waals surface area contributed by atoms with Crippen LogP contribution in [0.1, 0.15) is 42.7 Å². The van der Waals surface area contributed by atoms with Crippen LogP contribution in [0.4, 0.5) is 23.4 Å². The van der Waals surface area contributed by atoms with Gasteiger partial charge in [0.1, 0.15) is 34.4 Å². The number of aromatic nitrogens is 3. The predicted octanol–water partition coefficient (Wildman–Crippen LogP) is 4.24. The van der Waals surface area contributed by atoms with E-state index in [0.717, 1.165) is 24.9 Å². The molecule has 1 N–H and O–H groups in total. The van der Waals surface area contributed by atoms with E-state index in [9.17, 15) is 21.6 Å². The second-order valence-corrected chi connectivity index (χ2v) is 10.2. The van der Waals surface area contributed by atoms with Crippen LogP contribution in [-0.4, -0.2) is 47.6 Å². The number of ether oxygens (including phenoxy) is 1. The second kappa shape index (κ2) is 9.32. The summed E-state index contributed by atoms with van der Waals surface area (Å²) >= 11 is 0. The summed E-state index contributed by atoms with van der Waals surface area (Å²) in [6, 6.07) is 2.22. The Morgan fingerprint density at radius 1 is 1.14 bits per heavy atom. The molecular formula is C22H21F4N5O4S. The van der Waals surface area contributed by atoms with Crippen molar-refractivity contribution in [2.75, 3.05) is 17.9 Å². The van der Waals surface area contributed by atoms with Crippen LogP contribution in [-0.2, 0) is 10.0 Å². The largest absolute Gasteiger partial charge is 0.493 e. The van der Waals surface area contributed by atoms with E-state index in [0.29, 0.717) is 12.0 Å². The highest BCUT2D eigenvalue weighted by atomic mass is 32.2. The van der Waals surface area contributed by atoms with Crippen molar-refractivity contribution in [2.45, 2.75) is 42.4 Å². The Bertz CT molecular complexity index is 1320. The van der Waals surface area contributed by atoms with Crippen molar-refractivity contribution in [3.05, 3.63) is 60.5 Å². The SMILES string of the molecule is O=S(=O)(Nc1ccncn1)c1cc2c(cc1F)[C@@H](N1CC[C@H](C(F)(F)F)C[C@@H]1c1cnco1)CCO2. The van der Waals surface area contributed by atoms with Gasteiger partial charge in [0.25, 0.3) is 10.0 Å². The van der Waals surface area contributed by atoms with Gasteiger partial charge in [-0.15, -0.1) is 0 Å². The topological polar surface area (TPSA) is 110 Å². The number of fused-ring (bicyclic) bond motifs is 1. The second-order valence-electron chi connectivity index (χ2n) is 8.59. The normalized spacial score (nSPS) is 23.1. The van der Waals surface area contributed by atoms with E-state index >= 15 is 4.39 Å². The number of nitrogens with one attached hydrogen (secondary N) is 1. The molecule has 0 spiro atoms. The summed E-state index contributed by atoms with van der Waals surface area (Å²) in [7, 11) is -4.35. The molecule has 0 bridgehead atoms. The van der Waals surface area contributed by atoms with Crippen molar-refractivity contribution in [3.8, 4) is 5.75 Å². The molecule has 1 aromatic carbocycles. The van der Waals surface area contributed by atoms with E-state index in [4.69, 9.17) is 9.15 Å². The third-order valence-corrected chi connectivity index (χ3v) is 7.84. The van der Waals surface area contributed by atoms with Crippen LogP contribution in [0.15, 0.2) is 52.6 Å². The predicted molar refractivity (Wildman–Crippen MR) is 117 cm³/mol. The van der Waals surface area contributed by atoms with Crippen molar-refractivity contribution in [2.24, 2.45) is 5.92 Å². The molecule has 0 amide bonds. The van der Waals surface area contributed by atoms with Crippen molar-refractivity contribution >= 4 is 15.8 Å². The average molecular weight is 528 g/mol. The number of alkyl halides is 3. The first-order valence-corrected chi connectivity index (χ1v) is 12.6. The Morgan fingerprint density at radius 3 is 2.67 bits per heavy atom. The highest BCUT2D eigenvalue weighted by Gasteiger charge is 2.47. The molecule has 2 aromatic heterocycles. The van der Waals surface area contributed by atoms with Gasteiger partial charge >= 0.3 is 6.18 Å². The first kappa shape index (κ1) is 24.4. The maximum Gasteiger partial charge on any atom is 0.391 e. The van der Waals surface area contributed by atoms with Crippen LogP contribution in [0.25, 0.3) is 0 Å². The number of oxazole rings is 1. The Kier molecular flexibility index (Phi) is 6.32. The van der Waals surface area contributed by atoms with Gasteiger partial charge < -0.3 is 9.15 Å². The van der Waals surface area contributed by atoms with E-state index in [1.54, 1.807) is 0 Å². The van der Waals surface area contributed by atoms with Crippen LogP contribution in [0, 0.1) is 11.7 Å². The summed E-state index contributed by atoms with van der Waals surface area (Å²) in [5.74, 6) is -2.15. The third-order valence-electron chi connectivity index (χ3n) is 6.47. The maximum absolute atomic E-state index is 15.2. The first-order chi connectivity index (χ1) is 17.1. The van der Waals surface area contributed by atoms with Crippen LogP contribution >= 0.6 is 0 Å². The number of halogens is 4. The number of sulfonamides is 1. The zero-order valence-electron chi connectivity index (χ0n) is 18.7. The van der Waals surface area contributed by atoms with Crippen molar-refractivity contribution in [3.63, 3.8) is 0 Å². The highest BCUT2D eigenvalue weighted by Crippen LogP contribution is 2.48. The summed E-state index contributed by atoms with van der Waals surface area (Å²) in [5.41, 5.74) is 0.356. The van der Waals surface area contributed by atoms with Crippen LogP contribution in [0.3, 0.4) is 0 Å². The van der Waals surface area contributed by atoms with Gasteiger partial charge in [0.05, 0.1) is 24.8 Å². The molecule has 0 saturated carbocycles. The summed E-state index contributed by atoms with van der Waals surface area (Å²) in [6.07, 6.45) is 0.664. The molecule has 3 aromatic rings. The number of likely N-dealkylation sites (tertiary alicyclic amines) is 1. The highest BCUT2D eigenvalue weighted by molar-refractivity contribution is 7.92. The number of hydrogen-bond acceptors (Lipinski definition) is 8. The van der Waals surface area contributed by atoms with E-state index in [2.05, 4.69) is 19.7 Å². The van der Waals surface area contributed by atoms with Gasteiger partial charge in [-0.3, -0.25) is 9.62 Å². The molecule has 0 radical (unpaired) electrons. The Morgan fingerprint density at radius 2 is 1.97 bits per heavy atom. The van der Waals surface area contributed by atoms with Crippen LogP contribution in [0.5, 0.6) is 5.75 Å². The smallest absolute Gasteiger partial charge is 0.391 e. The minimum absolute atomic E-state index is 0.0386. The van der Waals surface area contributed by atoms with E-state index < -0.39 is 44.9 Å². The standard InChI is InChI=1S/C22H21F4N5O4S/c23-15-8-14-16(31-5-2-13(22(24,25)26)7-17(31)19-10-28-12-35-19)3-6-34-18(14)9-20(15)36(32,33)30-21-1-4-27-11-29-21/h1,4,8-13,16-17H,2-3,5-7H2,(H,27,29,30)/t13-,16-,17+/m0/s1. The molecule has 5 rings (SSSR count). The fraction of sp³-hybridized carbons (Fsp3) is 0.409. The molecule has 4 heterocycles. The molecule has 14 heteroatoms. The third kappa shape index (κ3) is 4.74. The van der Waals surface area contributed by atoms with Gasteiger partial charge in [-0.05, 0) is 25.0 Å². The maximum atomic E-state index is 15.2. The van der Waals surface area contributed by atoms with Gasteiger partial charge in [0.15, 0.2) is 6.39 Å². The lowest BCUT2D eigenvalue weighted by atomic mass is 9.86. The Labute approximate surface area is 203 Å². The molecule has 3 atom stereocenters. The molecule has 0 unspecified atom stereocenters. The van der Waals surface area contributed by atoms with Gasteiger partial charge in [-0.2, -0.15) is 13.2 Å². The zero-order chi connectivity index (χ0) is 25.5. The van der Waals surface area contributed by atoms with E-state index in [1.807, 2.05) is 4.90 Å². The summed E-state index contributed by atoms with van der Waals surface area (Å²) in [5, 5.41) is 0. The number of anilines is 1. The fourth-order valence-electron chi connectivity index (χ4n) is 4.79. The zero-order valence-corrected chi connectivity index (χ0v) is 19.5. The number of hydrogen-bond donors (Lipinski definition) is 1. The number of benzene rings is 1. The first-order valence-electron chi connectivity index (χ1n) is 11.1. The fourth-order valence-corrected chi connectivity index (χ4v) is 5.87. The lowest BCUT2D eigenvalue weighted by molar-refractivity contribution is -0.193. The molecule has 192 valence electrons. The minimum Gasteiger partial charge on any atom is -0.493 e. The van der Waals surface area contributed by atoms with Gasteiger partial charge in [-0.25, -0.2) is 27.8 Å². The summed E-state index contributed by atoms with van der Waals surface area (Å²) in [4.78, 5) is 12.5. The Balaban J connectivity index is 1.48. The molecule has 36 heavy (non-hydrogen) atoms. The van der Waals surface area contributed by atoms with E-state index in [1.165, 1.54) is 18.5 Å². The average Bonchev–Trinajstić information content (AvgIpc) is 3.38. The van der Waals surface area contributed by atoms with Crippen LogP contribution in [0.2, 0.25) is 0 Å². The molecular weight excluding hydrogens is 506 g/mol. The monoisotopic (exact) mass is 527 g/mol. The molecule has 2 aliphatic heterocycles. The Hall–Kier alpha value is -3.26. The van der Waals surface area contributed by atoms with Crippen LogP contribution < -0.4 is 9.46 Å². The molecule has 9 nitrogen and oxygen atoms in total. The lowest BCUT2D eigenvalue weighted by Gasteiger charge is -2.44. The quantitative estimate of drug-likeness (QED) is 0.491. The van der Waals surface area contributed by atoms with Gasteiger partial charge in [-0.1, -0.05) is 0 Å². The number of piperidine rings is 1. The summed E-state index contributed by atoms with van der Waals surface area (Å²) in [6.45, 7) is 0.251. The molecule has 1 saturated heterocycles. The van der Waals surface area contributed by atoms with Gasteiger partial charge in [0.2, 0.25) is 0 Å². The number of nitrogens with zero attached hydrogens (tertiary/aromatic N) is 4. The molecule has 0 aliphatic carbocycles. The van der Waals surface area contributed by atoms with Crippen molar-refractivity contribution < 1.29 is 35.1 Å². The minimum atomic E-state index is -4.36.